The van der Waals surface area contributed by atoms with Crippen molar-refractivity contribution in [3.8, 4) is 0 Å². The molecule has 3 rings (SSSR count). The van der Waals surface area contributed by atoms with Crippen LogP contribution in [0.3, 0.4) is 0 Å². The van der Waals surface area contributed by atoms with Crippen molar-refractivity contribution in [2.75, 3.05) is 0 Å². The number of nitrogens with one attached hydrogen (secondary N) is 1. The van der Waals surface area contributed by atoms with E-state index in [4.69, 9.17) is 4.74 Å². The summed E-state index contributed by atoms with van der Waals surface area (Å²) in [5.41, 5.74) is 0. The number of imide groups is 1. The summed E-state index contributed by atoms with van der Waals surface area (Å²) in [4.78, 5) is 22.5. The molecule has 2 amide bonds. The van der Waals surface area contributed by atoms with Gasteiger partial charge < -0.3 is 4.74 Å². The average molecular weight is 174 g/mol. The number of hydrogen-bond acceptors (Lipinski definition) is 3. The number of hydrogen-bond donors (Lipinski definition) is 1. The Balaban J connectivity index is 0.000000653. The first-order valence-electron chi connectivity index (χ1n) is 4.27. The van der Waals surface area contributed by atoms with E-state index in [9.17, 15) is 9.59 Å². The van der Waals surface area contributed by atoms with Gasteiger partial charge in [-0.05, 0) is 12.8 Å². The number of ether oxygens (including phenoxy) is 1. The number of amides is 2. The zero-order valence-corrected chi connectivity index (χ0v) is 7.45. The van der Waals surface area contributed by atoms with Gasteiger partial charge >= 0.3 is 0 Å². The number of rotatable bonds is 0. The summed E-state index contributed by atoms with van der Waals surface area (Å²) in [6.07, 6.45) is 1.91. The van der Waals surface area contributed by atoms with Crippen molar-refractivity contribution in [1.29, 1.82) is 0 Å². The summed E-state index contributed by atoms with van der Waals surface area (Å²) in [5, 5.41) is 2.36. The molecular weight excluding hydrogens is 165 g/mol. The minimum Gasteiger partial charge on any atom is -0.373 e. The Labute approximate surface area is 87.6 Å². The summed E-state index contributed by atoms with van der Waals surface area (Å²) < 4.78 is 5.50. The van der Waals surface area contributed by atoms with Gasteiger partial charge in [-0.2, -0.15) is 0 Å². The van der Waals surface area contributed by atoms with Crippen LogP contribution in [0, 0.1) is 11.8 Å². The Hall–Kier alpha value is -0.303. The second kappa shape index (κ2) is 2.84. The van der Waals surface area contributed by atoms with Gasteiger partial charge in [0, 0.05) is 18.9 Å². The Morgan fingerprint density at radius 3 is 2.00 bits per heavy atom. The second-order valence-corrected chi connectivity index (χ2v) is 3.70. The minimum atomic E-state index is -0.170. The summed E-state index contributed by atoms with van der Waals surface area (Å²) >= 11 is 0. The van der Waals surface area contributed by atoms with Gasteiger partial charge in [0.15, 0.2) is 0 Å². The fraction of sp³-hybridized carbons (Fsp3) is 0.750. The molecule has 3 aliphatic rings. The van der Waals surface area contributed by atoms with Gasteiger partial charge in [0.25, 0.3) is 0 Å². The van der Waals surface area contributed by atoms with Crippen molar-refractivity contribution in [2.24, 2.45) is 11.8 Å². The van der Waals surface area contributed by atoms with E-state index >= 15 is 0 Å². The van der Waals surface area contributed by atoms with Gasteiger partial charge in [0.2, 0.25) is 11.8 Å². The maximum absolute atomic E-state index is 11.2. The molecule has 0 aromatic heterocycles. The molecule has 0 aromatic rings. The molecule has 0 aliphatic carbocycles. The molecule has 5 heteroatoms. The standard InChI is InChI=1S/C8H9NO3.Li/c10-7-5-3-1-2-4(12-3)6(5)8(11)9-7;/h3-6H,1-2H2,(H,9,10,11);. The molecule has 2 bridgehead atoms. The molecule has 1 N–H and O–H groups in total. The predicted octanol–water partition coefficient (Wildman–Crippen LogP) is -0.944. The van der Waals surface area contributed by atoms with Crippen LogP contribution in [0.2, 0.25) is 0 Å². The van der Waals surface area contributed by atoms with Gasteiger partial charge in [-0.1, -0.05) is 0 Å². The maximum atomic E-state index is 11.2. The molecule has 4 atom stereocenters. The number of carbonyl (C=O) groups excluding carboxylic acids is 2. The van der Waals surface area contributed by atoms with Gasteiger partial charge in [-0.15, -0.1) is 0 Å². The maximum Gasteiger partial charge on any atom is 0.233 e. The third-order valence-corrected chi connectivity index (χ3v) is 3.13. The molecular formula is C8H9LiNO3. The number of carbonyl (C=O) groups is 2. The van der Waals surface area contributed by atoms with E-state index in [0.717, 1.165) is 12.8 Å². The molecule has 3 fully saturated rings. The van der Waals surface area contributed by atoms with Gasteiger partial charge in [-0.25, -0.2) is 0 Å². The van der Waals surface area contributed by atoms with Gasteiger partial charge in [-0.3, -0.25) is 14.9 Å². The molecule has 3 heterocycles. The van der Waals surface area contributed by atoms with Crippen LogP contribution in [-0.2, 0) is 14.3 Å². The Morgan fingerprint density at radius 2 is 1.54 bits per heavy atom. The van der Waals surface area contributed by atoms with Crippen LogP contribution in [0.1, 0.15) is 12.8 Å². The fourth-order valence-electron chi connectivity index (χ4n) is 2.63. The van der Waals surface area contributed by atoms with Crippen molar-refractivity contribution >= 4 is 30.7 Å². The molecule has 0 aromatic carbocycles. The van der Waals surface area contributed by atoms with Crippen molar-refractivity contribution in [3.63, 3.8) is 0 Å². The van der Waals surface area contributed by atoms with E-state index < -0.39 is 0 Å². The van der Waals surface area contributed by atoms with Crippen LogP contribution >= 0.6 is 0 Å². The summed E-state index contributed by atoms with van der Waals surface area (Å²) in [7, 11) is 0. The quantitative estimate of drug-likeness (QED) is 0.380. The van der Waals surface area contributed by atoms with E-state index in [1.165, 1.54) is 0 Å². The fourth-order valence-corrected chi connectivity index (χ4v) is 2.63. The van der Waals surface area contributed by atoms with Crippen LogP contribution in [0.15, 0.2) is 0 Å². The zero-order chi connectivity index (χ0) is 8.29. The van der Waals surface area contributed by atoms with Crippen LogP contribution < -0.4 is 5.32 Å². The first kappa shape index (κ1) is 9.26. The summed E-state index contributed by atoms with van der Waals surface area (Å²) in [6, 6.07) is 0. The topological polar surface area (TPSA) is 55.4 Å². The minimum absolute atomic E-state index is 0. The first-order chi connectivity index (χ1) is 5.77. The molecule has 0 spiro atoms. The predicted molar refractivity (Wildman–Crippen MR) is 43.8 cm³/mol. The molecule has 1 radical (unpaired) electrons. The Kier molecular flexibility index (Phi) is 2.03. The Bertz CT molecular complexity index is 255. The molecule has 4 unspecified atom stereocenters. The normalized spacial score (nSPS) is 45.8. The summed E-state index contributed by atoms with van der Waals surface area (Å²) in [6.45, 7) is 0. The van der Waals surface area contributed by atoms with E-state index in [1.54, 1.807) is 0 Å². The third-order valence-electron chi connectivity index (χ3n) is 3.13. The van der Waals surface area contributed by atoms with Crippen molar-refractivity contribution in [2.45, 2.75) is 25.0 Å². The molecule has 13 heavy (non-hydrogen) atoms. The van der Waals surface area contributed by atoms with Crippen molar-refractivity contribution in [3.05, 3.63) is 0 Å². The smallest absolute Gasteiger partial charge is 0.233 e. The molecule has 3 aliphatic heterocycles. The SMILES string of the molecule is O=C1NC(=O)C2C3CCC(O3)C12.[Li]. The van der Waals surface area contributed by atoms with E-state index in [2.05, 4.69) is 5.32 Å². The third kappa shape index (κ3) is 1.03. The van der Waals surface area contributed by atoms with Crippen LogP contribution in [-0.4, -0.2) is 42.9 Å². The average Bonchev–Trinajstić information content (AvgIpc) is 2.64. The van der Waals surface area contributed by atoms with Crippen molar-refractivity contribution < 1.29 is 14.3 Å². The Morgan fingerprint density at radius 1 is 1.08 bits per heavy atom. The molecule has 0 saturated carbocycles. The zero-order valence-electron chi connectivity index (χ0n) is 7.45. The van der Waals surface area contributed by atoms with E-state index in [1.807, 2.05) is 0 Å². The van der Waals surface area contributed by atoms with Gasteiger partial charge in [0.05, 0.1) is 24.0 Å². The van der Waals surface area contributed by atoms with E-state index in [0.29, 0.717) is 0 Å². The second-order valence-electron chi connectivity index (χ2n) is 3.70. The molecule has 4 nitrogen and oxygen atoms in total. The molecule has 3 saturated heterocycles. The van der Waals surface area contributed by atoms with Crippen LogP contribution in [0.4, 0.5) is 0 Å². The van der Waals surface area contributed by atoms with Crippen LogP contribution in [0.5, 0.6) is 0 Å². The van der Waals surface area contributed by atoms with Crippen molar-refractivity contribution in [1.82, 2.24) is 5.32 Å². The van der Waals surface area contributed by atoms with Gasteiger partial charge in [0.1, 0.15) is 0 Å². The largest absolute Gasteiger partial charge is 0.373 e. The van der Waals surface area contributed by atoms with E-state index in [-0.39, 0.29) is 54.7 Å². The van der Waals surface area contributed by atoms with Crippen LogP contribution in [0.25, 0.3) is 0 Å². The summed E-state index contributed by atoms with van der Waals surface area (Å²) in [5.74, 6) is -0.595. The monoisotopic (exact) mass is 174 g/mol. The molecule has 65 valence electrons. The number of fused-ring (bicyclic) bond motifs is 5. The first-order valence-corrected chi connectivity index (χ1v) is 4.27.